The van der Waals surface area contributed by atoms with Crippen molar-refractivity contribution in [1.82, 2.24) is 10.1 Å². The van der Waals surface area contributed by atoms with E-state index in [-0.39, 0.29) is 5.82 Å². The third-order valence-corrected chi connectivity index (χ3v) is 3.01. The Morgan fingerprint density at radius 3 is 3.00 bits per heavy atom. The summed E-state index contributed by atoms with van der Waals surface area (Å²) in [6, 6.07) is 3.86. The second-order valence-corrected chi connectivity index (χ2v) is 4.86. The summed E-state index contributed by atoms with van der Waals surface area (Å²) in [5, 5.41) is 3.79. The Balaban J connectivity index is 2.29. The van der Waals surface area contributed by atoms with Gasteiger partial charge in [-0.15, -0.1) is 0 Å². The van der Waals surface area contributed by atoms with Crippen LogP contribution >= 0.6 is 15.9 Å². The molecule has 1 atom stereocenters. The quantitative estimate of drug-likeness (QED) is 0.942. The van der Waals surface area contributed by atoms with E-state index < -0.39 is 6.04 Å². The molecule has 0 amide bonds. The average Bonchev–Trinajstić information content (AvgIpc) is 2.80. The van der Waals surface area contributed by atoms with Crippen LogP contribution in [0.15, 0.2) is 27.2 Å². The predicted octanol–water partition coefficient (Wildman–Crippen LogP) is 2.97. The van der Waals surface area contributed by atoms with Gasteiger partial charge in [-0.3, -0.25) is 0 Å². The third kappa shape index (κ3) is 2.76. The van der Waals surface area contributed by atoms with Crippen LogP contribution in [0.5, 0.6) is 0 Å². The van der Waals surface area contributed by atoms with Gasteiger partial charge in [0, 0.05) is 16.5 Å². The molecular weight excluding hydrogens is 301 g/mol. The summed E-state index contributed by atoms with van der Waals surface area (Å²) in [5.74, 6) is 0.446. The van der Waals surface area contributed by atoms with Crippen LogP contribution in [-0.4, -0.2) is 10.1 Å². The fourth-order valence-electron chi connectivity index (χ4n) is 1.60. The van der Waals surface area contributed by atoms with Crippen molar-refractivity contribution in [3.05, 3.63) is 45.8 Å². The van der Waals surface area contributed by atoms with Crippen molar-refractivity contribution < 1.29 is 8.91 Å². The summed E-state index contributed by atoms with van der Waals surface area (Å²) in [6.07, 6.45) is 1.60. The van der Waals surface area contributed by atoms with Crippen LogP contribution in [0.1, 0.15) is 36.7 Å². The molecule has 0 aliphatic carbocycles. The van der Waals surface area contributed by atoms with Crippen LogP contribution in [0.3, 0.4) is 0 Å². The SMILES string of the molecule is CCCc1nc(C(N)c2cc(Br)ccc2F)no1. The highest BCUT2D eigenvalue weighted by Gasteiger charge is 2.19. The molecule has 4 nitrogen and oxygen atoms in total. The van der Waals surface area contributed by atoms with Crippen molar-refractivity contribution >= 4 is 15.9 Å². The van der Waals surface area contributed by atoms with E-state index in [1.807, 2.05) is 6.92 Å². The Bertz CT molecular complexity index is 544. The summed E-state index contributed by atoms with van der Waals surface area (Å²) < 4.78 is 19.5. The number of hydrogen-bond donors (Lipinski definition) is 1. The van der Waals surface area contributed by atoms with Crippen molar-refractivity contribution in [2.24, 2.45) is 5.73 Å². The standard InChI is InChI=1S/C12H13BrFN3O/c1-2-3-10-16-12(17-18-10)11(15)8-6-7(13)4-5-9(8)14/h4-6,11H,2-3,15H2,1H3. The van der Waals surface area contributed by atoms with Crippen molar-refractivity contribution in [3.63, 3.8) is 0 Å². The number of aryl methyl sites for hydroxylation is 1. The second-order valence-electron chi connectivity index (χ2n) is 3.94. The summed E-state index contributed by atoms with van der Waals surface area (Å²) >= 11 is 3.28. The molecule has 0 aliphatic heterocycles. The molecule has 0 aliphatic rings. The smallest absolute Gasteiger partial charge is 0.226 e. The highest BCUT2D eigenvalue weighted by Crippen LogP contribution is 2.23. The first kappa shape index (κ1) is 13.2. The fraction of sp³-hybridized carbons (Fsp3) is 0.333. The average molecular weight is 314 g/mol. The molecule has 1 aromatic carbocycles. The van der Waals surface area contributed by atoms with Gasteiger partial charge < -0.3 is 10.3 Å². The Morgan fingerprint density at radius 2 is 2.28 bits per heavy atom. The minimum Gasteiger partial charge on any atom is -0.339 e. The lowest BCUT2D eigenvalue weighted by molar-refractivity contribution is 0.370. The van der Waals surface area contributed by atoms with Gasteiger partial charge in [-0.25, -0.2) is 4.39 Å². The zero-order chi connectivity index (χ0) is 13.1. The molecule has 18 heavy (non-hydrogen) atoms. The number of benzene rings is 1. The number of hydrogen-bond acceptors (Lipinski definition) is 4. The molecule has 0 saturated carbocycles. The van der Waals surface area contributed by atoms with E-state index in [9.17, 15) is 4.39 Å². The molecule has 96 valence electrons. The molecule has 0 radical (unpaired) electrons. The van der Waals surface area contributed by atoms with Gasteiger partial charge in [0.2, 0.25) is 5.89 Å². The predicted molar refractivity (Wildman–Crippen MR) is 68.4 cm³/mol. The van der Waals surface area contributed by atoms with E-state index >= 15 is 0 Å². The zero-order valence-corrected chi connectivity index (χ0v) is 11.4. The molecule has 1 unspecified atom stereocenters. The molecule has 2 N–H and O–H groups in total. The first-order valence-corrected chi connectivity index (χ1v) is 6.44. The van der Waals surface area contributed by atoms with Gasteiger partial charge in [0.05, 0.1) is 6.04 Å². The largest absolute Gasteiger partial charge is 0.339 e. The van der Waals surface area contributed by atoms with Crippen LogP contribution in [0.4, 0.5) is 4.39 Å². The molecule has 2 aromatic rings. The molecule has 0 saturated heterocycles. The Morgan fingerprint density at radius 1 is 1.50 bits per heavy atom. The van der Waals surface area contributed by atoms with E-state index in [0.717, 1.165) is 10.9 Å². The zero-order valence-electron chi connectivity index (χ0n) is 9.86. The van der Waals surface area contributed by atoms with Crippen LogP contribution in [0, 0.1) is 5.82 Å². The number of aromatic nitrogens is 2. The van der Waals surface area contributed by atoms with Crippen molar-refractivity contribution in [3.8, 4) is 0 Å². The maximum absolute atomic E-state index is 13.7. The number of nitrogens with zero attached hydrogens (tertiary/aromatic N) is 2. The van der Waals surface area contributed by atoms with Gasteiger partial charge >= 0.3 is 0 Å². The Hall–Kier alpha value is -1.27. The molecule has 2 rings (SSSR count). The number of nitrogens with two attached hydrogens (primary N) is 1. The van der Waals surface area contributed by atoms with Gasteiger partial charge in [0.15, 0.2) is 5.82 Å². The topological polar surface area (TPSA) is 64.9 Å². The molecule has 1 heterocycles. The summed E-state index contributed by atoms with van der Waals surface area (Å²) in [4.78, 5) is 4.16. The number of rotatable bonds is 4. The highest BCUT2D eigenvalue weighted by atomic mass is 79.9. The Kier molecular flexibility index (Phi) is 4.08. The van der Waals surface area contributed by atoms with Crippen LogP contribution in [0.2, 0.25) is 0 Å². The van der Waals surface area contributed by atoms with E-state index in [0.29, 0.717) is 23.7 Å². The minimum atomic E-state index is -0.725. The van der Waals surface area contributed by atoms with E-state index in [4.69, 9.17) is 10.3 Å². The molecule has 0 fully saturated rings. The second kappa shape index (κ2) is 5.58. The molecule has 0 spiro atoms. The maximum Gasteiger partial charge on any atom is 0.226 e. The molecule has 6 heteroatoms. The Labute approximate surface area is 113 Å². The lowest BCUT2D eigenvalue weighted by Crippen LogP contribution is -2.15. The van der Waals surface area contributed by atoms with Crippen molar-refractivity contribution in [2.45, 2.75) is 25.8 Å². The lowest BCUT2D eigenvalue weighted by atomic mass is 10.1. The molecular formula is C12H13BrFN3O. The minimum absolute atomic E-state index is 0.301. The summed E-state index contributed by atoms with van der Waals surface area (Å²) in [6.45, 7) is 2.01. The van der Waals surface area contributed by atoms with Gasteiger partial charge in [-0.05, 0) is 24.6 Å². The first-order chi connectivity index (χ1) is 8.61. The van der Waals surface area contributed by atoms with E-state index in [1.165, 1.54) is 6.07 Å². The van der Waals surface area contributed by atoms with Gasteiger partial charge in [0.25, 0.3) is 0 Å². The monoisotopic (exact) mass is 313 g/mol. The van der Waals surface area contributed by atoms with Crippen molar-refractivity contribution in [2.75, 3.05) is 0 Å². The normalized spacial score (nSPS) is 12.7. The number of halogens is 2. The maximum atomic E-state index is 13.7. The highest BCUT2D eigenvalue weighted by molar-refractivity contribution is 9.10. The fourth-order valence-corrected chi connectivity index (χ4v) is 1.98. The van der Waals surface area contributed by atoms with Gasteiger partial charge in [0.1, 0.15) is 5.82 Å². The lowest BCUT2D eigenvalue weighted by Gasteiger charge is -2.08. The molecule has 0 bridgehead atoms. The summed E-state index contributed by atoms with van der Waals surface area (Å²) in [7, 11) is 0. The van der Waals surface area contributed by atoms with Crippen LogP contribution < -0.4 is 5.73 Å². The van der Waals surface area contributed by atoms with Gasteiger partial charge in [-0.2, -0.15) is 4.98 Å². The van der Waals surface area contributed by atoms with E-state index in [2.05, 4.69) is 26.1 Å². The van der Waals surface area contributed by atoms with Crippen molar-refractivity contribution in [1.29, 1.82) is 0 Å². The molecule has 1 aromatic heterocycles. The van der Waals surface area contributed by atoms with E-state index in [1.54, 1.807) is 12.1 Å². The van der Waals surface area contributed by atoms with Crippen LogP contribution in [-0.2, 0) is 6.42 Å². The summed E-state index contributed by atoms with van der Waals surface area (Å²) in [5.41, 5.74) is 6.29. The third-order valence-electron chi connectivity index (χ3n) is 2.52. The first-order valence-electron chi connectivity index (χ1n) is 5.64. The van der Waals surface area contributed by atoms with Gasteiger partial charge in [-0.1, -0.05) is 28.0 Å². The van der Waals surface area contributed by atoms with Crippen LogP contribution in [0.25, 0.3) is 0 Å².